The van der Waals surface area contributed by atoms with E-state index in [1.165, 1.54) is 57.8 Å². The molecule has 2 atom stereocenters. The summed E-state index contributed by atoms with van der Waals surface area (Å²) in [5.74, 6) is 7.43. The summed E-state index contributed by atoms with van der Waals surface area (Å²) >= 11 is 0. The van der Waals surface area contributed by atoms with Crippen LogP contribution in [0.4, 0.5) is 0 Å². The maximum atomic E-state index is 5.64. The Morgan fingerprint density at radius 1 is 1.25 bits per heavy atom. The molecule has 2 unspecified atom stereocenters. The molecule has 0 bridgehead atoms. The van der Waals surface area contributed by atoms with Crippen LogP contribution in [-0.4, -0.2) is 6.04 Å². The zero-order valence-electron chi connectivity index (χ0n) is 11.2. The van der Waals surface area contributed by atoms with E-state index in [9.17, 15) is 0 Å². The maximum absolute atomic E-state index is 5.64. The second-order valence-electron chi connectivity index (χ2n) is 5.69. The van der Waals surface area contributed by atoms with E-state index in [0.717, 1.165) is 11.8 Å². The average molecular weight is 226 g/mol. The van der Waals surface area contributed by atoms with Gasteiger partial charge < -0.3 is 0 Å². The van der Waals surface area contributed by atoms with Crippen molar-refractivity contribution in [1.82, 2.24) is 5.43 Å². The molecule has 0 radical (unpaired) electrons. The molecule has 0 aromatic rings. The minimum atomic E-state index is 0.539. The van der Waals surface area contributed by atoms with Crippen molar-refractivity contribution in [1.29, 1.82) is 0 Å². The molecule has 2 heteroatoms. The lowest BCUT2D eigenvalue weighted by Crippen LogP contribution is -2.36. The topological polar surface area (TPSA) is 38.0 Å². The van der Waals surface area contributed by atoms with Crippen molar-refractivity contribution in [2.24, 2.45) is 17.7 Å². The summed E-state index contributed by atoms with van der Waals surface area (Å²) in [6.07, 6.45) is 12.4. The second-order valence-corrected chi connectivity index (χ2v) is 5.69. The fourth-order valence-electron chi connectivity index (χ4n) is 2.83. The highest BCUT2D eigenvalue weighted by Gasteiger charge is 2.16. The van der Waals surface area contributed by atoms with Gasteiger partial charge in [-0.3, -0.25) is 11.3 Å². The Balaban J connectivity index is 2.16. The third-order valence-corrected chi connectivity index (χ3v) is 4.27. The van der Waals surface area contributed by atoms with E-state index in [1.807, 2.05) is 0 Å². The van der Waals surface area contributed by atoms with Crippen LogP contribution in [-0.2, 0) is 0 Å². The van der Waals surface area contributed by atoms with Gasteiger partial charge in [0.15, 0.2) is 0 Å². The Kier molecular flexibility index (Phi) is 7.06. The molecule has 0 aromatic heterocycles. The van der Waals surface area contributed by atoms with E-state index in [0.29, 0.717) is 6.04 Å². The van der Waals surface area contributed by atoms with Crippen LogP contribution in [0.15, 0.2) is 0 Å². The van der Waals surface area contributed by atoms with Gasteiger partial charge in [-0.2, -0.15) is 0 Å². The van der Waals surface area contributed by atoms with E-state index >= 15 is 0 Å². The number of hydrogen-bond donors (Lipinski definition) is 2. The molecule has 1 aliphatic carbocycles. The first-order valence-corrected chi connectivity index (χ1v) is 7.22. The fourth-order valence-corrected chi connectivity index (χ4v) is 2.83. The summed E-state index contributed by atoms with van der Waals surface area (Å²) in [4.78, 5) is 0. The Morgan fingerprint density at radius 3 is 2.50 bits per heavy atom. The Labute approximate surface area is 101 Å². The van der Waals surface area contributed by atoms with E-state index in [2.05, 4.69) is 19.3 Å². The van der Waals surface area contributed by atoms with Crippen LogP contribution in [0.1, 0.15) is 71.6 Å². The molecule has 1 rings (SSSR count). The van der Waals surface area contributed by atoms with Crippen LogP contribution in [0, 0.1) is 11.8 Å². The van der Waals surface area contributed by atoms with Crippen molar-refractivity contribution in [3.05, 3.63) is 0 Å². The largest absolute Gasteiger partial charge is 0.271 e. The minimum Gasteiger partial charge on any atom is -0.271 e. The van der Waals surface area contributed by atoms with Crippen molar-refractivity contribution in [2.75, 3.05) is 0 Å². The molecule has 3 N–H and O–H groups in total. The van der Waals surface area contributed by atoms with Gasteiger partial charge in [0.05, 0.1) is 0 Å². The van der Waals surface area contributed by atoms with E-state index in [-0.39, 0.29) is 0 Å². The van der Waals surface area contributed by atoms with E-state index < -0.39 is 0 Å². The Bertz CT molecular complexity index is 164. The van der Waals surface area contributed by atoms with Crippen molar-refractivity contribution < 1.29 is 0 Å². The zero-order valence-corrected chi connectivity index (χ0v) is 11.2. The van der Waals surface area contributed by atoms with Gasteiger partial charge in [0.25, 0.3) is 0 Å². The number of hydrogen-bond acceptors (Lipinski definition) is 2. The molecule has 1 saturated carbocycles. The number of nitrogens with two attached hydrogens (primary N) is 1. The maximum Gasteiger partial charge on any atom is 0.0213 e. The fraction of sp³-hybridized carbons (Fsp3) is 1.00. The molecule has 0 saturated heterocycles. The zero-order chi connectivity index (χ0) is 11.8. The first kappa shape index (κ1) is 14.0. The first-order chi connectivity index (χ1) is 7.76. The van der Waals surface area contributed by atoms with Gasteiger partial charge in [-0.05, 0) is 31.1 Å². The minimum absolute atomic E-state index is 0.539. The third kappa shape index (κ3) is 5.31. The molecule has 16 heavy (non-hydrogen) atoms. The van der Waals surface area contributed by atoms with Crippen LogP contribution in [0.3, 0.4) is 0 Å². The summed E-state index contributed by atoms with van der Waals surface area (Å²) in [7, 11) is 0. The molecule has 0 amide bonds. The average Bonchev–Trinajstić information content (AvgIpc) is 2.35. The highest BCUT2D eigenvalue weighted by molar-refractivity contribution is 4.72. The van der Waals surface area contributed by atoms with Gasteiger partial charge in [-0.1, -0.05) is 52.4 Å². The normalized spacial score (nSPS) is 21.9. The van der Waals surface area contributed by atoms with Gasteiger partial charge in [0, 0.05) is 6.04 Å². The monoisotopic (exact) mass is 226 g/mol. The quantitative estimate of drug-likeness (QED) is 0.514. The molecule has 0 spiro atoms. The molecule has 0 aliphatic heterocycles. The predicted octanol–water partition coefficient (Wildman–Crippen LogP) is 3.62. The molecule has 0 aromatic carbocycles. The summed E-state index contributed by atoms with van der Waals surface area (Å²) in [6, 6.07) is 0.539. The van der Waals surface area contributed by atoms with Crippen molar-refractivity contribution in [3.8, 4) is 0 Å². The van der Waals surface area contributed by atoms with Gasteiger partial charge in [-0.15, -0.1) is 0 Å². The molecular formula is C14H30N2. The number of rotatable bonds is 7. The Morgan fingerprint density at radius 2 is 1.94 bits per heavy atom. The van der Waals surface area contributed by atoms with Crippen LogP contribution in [0.2, 0.25) is 0 Å². The second kappa shape index (κ2) is 8.08. The lowest BCUT2D eigenvalue weighted by molar-refractivity contribution is 0.296. The molecule has 2 nitrogen and oxygen atoms in total. The highest BCUT2D eigenvalue weighted by atomic mass is 15.2. The summed E-state index contributed by atoms with van der Waals surface area (Å²) in [6.45, 7) is 4.59. The summed E-state index contributed by atoms with van der Waals surface area (Å²) in [5, 5.41) is 0. The van der Waals surface area contributed by atoms with Crippen molar-refractivity contribution in [3.63, 3.8) is 0 Å². The standard InChI is InChI=1S/C14H30N2/c1-3-12(2)11-14(16-15)10-9-13-7-5-4-6-8-13/h12-14,16H,3-11,15H2,1-2H3. The highest BCUT2D eigenvalue weighted by Crippen LogP contribution is 2.28. The third-order valence-electron chi connectivity index (χ3n) is 4.27. The number of nitrogens with one attached hydrogen (secondary N) is 1. The predicted molar refractivity (Wildman–Crippen MR) is 71.0 cm³/mol. The van der Waals surface area contributed by atoms with E-state index in [4.69, 9.17) is 5.84 Å². The lowest BCUT2D eigenvalue weighted by Gasteiger charge is -2.25. The van der Waals surface area contributed by atoms with Gasteiger partial charge in [0.1, 0.15) is 0 Å². The first-order valence-electron chi connectivity index (χ1n) is 7.22. The SMILES string of the molecule is CCC(C)CC(CCC1CCCCC1)NN. The van der Waals surface area contributed by atoms with Crippen LogP contribution < -0.4 is 11.3 Å². The summed E-state index contributed by atoms with van der Waals surface area (Å²) < 4.78 is 0. The molecular weight excluding hydrogens is 196 g/mol. The van der Waals surface area contributed by atoms with Gasteiger partial charge >= 0.3 is 0 Å². The van der Waals surface area contributed by atoms with E-state index in [1.54, 1.807) is 0 Å². The van der Waals surface area contributed by atoms with Gasteiger partial charge in [0.2, 0.25) is 0 Å². The Hall–Kier alpha value is -0.0800. The van der Waals surface area contributed by atoms with Crippen molar-refractivity contribution >= 4 is 0 Å². The van der Waals surface area contributed by atoms with Crippen LogP contribution >= 0.6 is 0 Å². The smallest absolute Gasteiger partial charge is 0.0213 e. The van der Waals surface area contributed by atoms with Crippen LogP contribution in [0.5, 0.6) is 0 Å². The summed E-state index contributed by atoms with van der Waals surface area (Å²) in [5.41, 5.74) is 3.01. The molecule has 96 valence electrons. The molecule has 0 heterocycles. The molecule has 1 fully saturated rings. The molecule has 1 aliphatic rings. The van der Waals surface area contributed by atoms with Gasteiger partial charge in [-0.25, -0.2) is 0 Å². The van der Waals surface area contributed by atoms with Crippen molar-refractivity contribution in [2.45, 2.75) is 77.7 Å². The van der Waals surface area contributed by atoms with Crippen LogP contribution in [0.25, 0.3) is 0 Å². The number of hydrazine groups is 1. The lowest BCUT2D eigenvalue weighted by atomic mass is 9.84.